The summed E-state index contributed by atoms with van der Waals surface area (Å²) >= 11 is 0. The molecule has 174 valence electrons. The number of benzene rings is 3. The van der Waals surface area contributed by atoms with Gasteiger partial charge in [0.05, 0.1) is 6.10 Å². The van der Waals surface area contributed by atoms with E-state index in [1.165, 1.54) is 24.3 Å². The summed E-state index contributed by atoms with van der Waals surface area (Å²) in [5.41, 5.74) is 1.10. The van der Waals surface area contributed by atoms with E-state index in [2.05, 4.69) is 0 Å². The topological polar surface area (TPSA) is 35.5 Å². The van der Waals surface area contributed by atoms with Gasteiger partial charge < -0.3 is 9.47 Å². The number of esters is 1. The van der Waals surface area contributed by atoms with E-state index >= 15 is 0 Å². The van der Waals surface area contributed by atoms with Crippen LogP contribution in [-0.4, -0.2) is 18.7 Å². The molecule has 0 aliphatic heterocycles. The summed E-state index contributed by atoms with van der Waals surface area (Å²) in [5.74, 6) is -4.31. The fraction of sp³-hybridized carbons (Fsp3) is 0.269. The van der Waals surface area contributed by atoms with E-state index in [4.69, 9.17) is 9.47 Å². The number of halogens is 4. The van der Waals surface area contributed by atoms with Gasteiger partial charge >= 0.3 is 5.97 Å². The highest BCUT2D eigenvalue weighted by Gasteiger charge is 2.21. The Morgan fingerprint density at radius 1 is 0.879 bits per heavy atom. The number of rotatable bonds is 8. The van der Waals surface area contributed by atoms with Gasteiger partial charge in [-0.2, -0.15) is 0 Å². The largest absolute Gasteiger partial charge is 0.479 e. The zero-order chi connectivity index (χ0) is 24.1. The third-order valence-electron chi connectivity index (χ3n) is 5.06. The van der Waals surface area contributed by atoms with E-state index in [-0.39, 0.29) is 29.4 Å². The summed E-state index contributed by atoms with van der Waals surface area (Å²) < 4.78 is 67.7. The van der Waals surface area contributed by atoms with Crippen LogP contribution in [0.1, 0.15) is 37.8 Å². The lowest BCUT2D eigenvalue weighted by molar-refractivity contribution is -0.149. The Balaban J connectivity index is 1.83. The second-order valence-corrected chi connectivity index (χ2v) is 8.02. The normalized spacial score (nSPS) is 12.0. The minimum Gasteiger partial charge on any atom is -0.479 e. The Labute approximate surface area is 190 Å². The maximum absolute atomic E-state index is 15.0. The van der Waals surface area contributed by atoms with Gasteiger partial charge in [-0.15, -0.1) is 0 Å². The Kier molecular flexibility index (Phi) is 7.74. The molecule has 3 aromatic rings. The Hall–Kier alpha value is -3.35. The van der Waals surface area contributed by atoms with E-state index in [9.17, 15) is 22.4 Å². The fourth-order valence-electron chi connectivity index (χ4n) is 3.49. The number of ether oxygens (including phenoxy) is 2. The number of carbonyl (C=O) groups is 1. The molecule has 7 heteroatoms. The maximum atomic E-state index is 15.0. The second-order valence-electron chi connectivity index (χ2n) is 8.02. The van der Waals surface area contributed by atoms with Gasteiger partial charge in [-0.05, 0) is 79.3 Å². The highest BCUT2D eigenvalue weighted by molar-refractivity contribution is 5.71. The first-order valence-corrected chi connectivity index (χ1v) is 10.5. The first kappa shape index (κ1) is 24.3. The minimum atomic E-state index is -0.958. The predicted octanol–water partition coefficient (Wildman–Crippen LogP) is 6.59. The van der Waals surface area contributed by atoms with Gasteiger partial charge in [0.15, 0.2) is 18.2 Å². The van der Waals surface area contributed by atoms with Crippen LogP contribution in [0.25, 0.3) is 11.1 Å². The molecule has 0 bridgehead atoms. The molecule has 0 radical (unpaired) electrons. The minimum absolute atomic E-state index is 0.158. The van der Waals surface area contributed by atoms with Crippen molar-refractivity contribution in [2.75, 3.05) is 6.61 Å². The molecule has 0 saturated heterocycles. The van der Waals surface area contributed by atoms with Crippen molar-refractivity contribution in [1.82, 2.24) is 0 Å². The quantitative estimate of drug-likeness (QED) is 0.281. The highest BCUT2D eigenvalue weighted by atomic mass is 19.1. The van der Waals surface area contributed by atoms with Crippen molar-refractivity contribution in [1.29, 1.82) is 0 Å². The van der Waals surface area contributed by atoms with Crippen LogP contribution in [0, 0.1) is 23.3 Å². The van der Waals surface area contributed by atoms with Crippen molar-refractivity contribution in [2.45, 2.75) is 39.2 Å². The number of hydrogen-bond acceptors (Lipinski definition) is 3. The molecule has 0 spiro atoms. The Bertz CT molecular complexity index is 1140. The molecule has 0 aliphatic carbocycles. The molecule has 0 aliphatic rings. The predicted molar refractivity (Wildman–Crippen MR) is 117 cm³/mol. The fourth-order valence-corrected chi connectivity index (χ4v) is 3.49. The van der Waals surface area contributed by atoms with Crippen molar-refractivity contribution in [2.24, 2.45) is 0 Å². The molecular formula is C26H24F4O3. The van der Waals surface area contributed by atoms with Crippen LogP contribution >= 0.6 is 0 Å². The average Bonchev–Trinajstić information content (AvgIpc) is 2.75. The summed E-state index contributed by atoms with van der Waals surface area (Å²) in [6, 6.07) is 12.3. The van der Waals surface area contributed by atoms with Crippen LogP contribution < -0.4 is 4.74 Å². The Morgan fingerprint density at radius 2 is 1.58 bits per heavy atom. The van der Waals surface area contributed by atoms with Gasteiger partial charge in [0, 0.05) is 5.56 Å². The highest BCUT2D eigenvalue weighted by Crippen LogP contribution is 2.32. The lowest BCUT2D eigenvalue weighted by atomic mass is 9.90. The van der Waals surface area contributed by atoms with Gasteiger partial charge in [-0.1, -0.05) is 25.1 Å². The van der Waals surface area contributed by atoms with Crippen molar-refractivity contribution >= 4 is 5.97 Å². The zero-order valence-corrected chi connectivity index (χ0v) is 18.5. The molecule has 0 saturated carbocycles. The first-order chi connectivity index (χ1) is 15.7. The molecule has 3 aromatic carbocycles. The van der Waals surface area contributed by atoms with Crippen LogP contribution in [0.5, 0.6) is 5.75 Å². The van der Waals surface area contributed by atoms with E-state index in [0.717, 1.165) is 12.1 Å². The van der Waals surface area contributed by atoms with E-state index < -0.39 is 41.8 Å². The van der Waals surface area contributed by atoms with Crippen molar-refractivity contribution in [3.05, 3.63) is 89.0 Å². The SMILES string of the molecule is CC(C)OC(=O)COc1ccc(F)c(CC(C)c2cc(-c3cccc(F)c3)ccc2F)c1F. The maximum Gasteiger partial charge on any atom is 0.344 e. The summed E-state index contributed by atoms with van der Waals surface area (Å²) in [4.78, 5) is 11.7. The van der Waals surface area contributed by atoms with Crippen LogP contribution in [0.3, 0.4) is 0 Å². The van der Waals surface area contributed by atoms with Crippen LogP contribution in [-0.2, 0) is 16.0 Å². The van der Waals surface area contributed by atoms with E-state index in [1.807, 2.05) is 0 Å². The molecule has 0 aromatic heterocycles. The molecule has 0 N–H and O–H groups in total. The van der Waals surface area contributed by atoms with Crippen LogP contribution in [0.4, 0.5) is 17.6 Å². The van der Waals surface area contributed by atoms with Gasteiger partial charge in [0.1, 0.15) is 17.5 Å². The van der Waals surface area contributed by atoms with Gasteiger partial charge in [-0.25, -0.2) is 22.4 Å². The standard InChI is InChI=1S/C26H24F4O3/c1-15(2)33-25(31)14-32-24-10-9-23(29)21(26(24)30)11-16(3)20-13-18(7-8-22(20)28)17-5-4-6-19(27)12-17/h4-10,12-13,15-16H,11,14H2,1-3H3. The summed E-state index contributed by atoms with van der Waals surface area (Å²) in [7, 11) is 0. The van der Waals surface area contributed by atoms with Crippen molar-refractivity contribution in [3.63, 3.8) is 0 Å². The second kappa shape index (κ2) is 10.5. The van der Waals surface area contributed by atoms with Gasteiger partial charge in [0.2, 0.25) is 0 Å². The smallest absolute Gasteiger partial charge is 0.344 e. The molecule has 3 rings (SSSR count). The van der Waals surface area contributed by atoms with Gasteiger partial charge in [-0.3, -0.25) is 0 Å². The zero-order valence-electron chi connectivity index (χ0n) is 18.5. The third-order valence-corrected chi connectivity index (χ3v) is 5.06. The average molecular weight is 460 g/mol. The van der Waals surface area contributed by atoms with E-state index in [1.54, 1.807) is 39.0 Å². The van der Waals surface area contributed by atoms with Crippen LogP contribution in [0.2, 0.25) is 0 Å². The molecule has 1 atom stereocenters. The first-order valence-electron chi connectivity index (χ1n) is 10.5. The molecule has 33 heavy (non-hydrogen) atoms. The summed E-state index contributed by atoms with van der Waals surface area (Å²) in [5, 5.41) is 0. The van der Waals surface area contributed by atoms with Crippen molar-refractivity contribution in [3.8, 4) is 16.9 Å². The lowest BCUT2D eigenvalue weighted by Gasteiger charge is -2.17. The monoisotopic (exact) mass is 460 g/mol. The Morgan fingerprint density at radius 3 is 2.27 bits per heavy atom. The molecule has 0 amide bonds. The summed E-state index contributed by atoms with van der Waals surface area (Å²) in [6.45, 7) is 4.44. The molecule has 0 heterocycles. The number of carbonyl (C=O) groups excluding carboxylic acids is 1. The molecule has 0 fully saturated rings. The number of hydrogen-bond donors (Lipinski definition) is 0. The van der Waals surface area contributed by atoms with E-state index in [0.29, 0.717) is 11.1 Å². The lowest BCUT2D eigenvalue weighted by Crippen LogP contribution is -2.19. The van der Waals surface area contributed by atoms with Crippen LogP contribution in [0.15, 0.2) is 54.6 Å². The summed E-state index contributed by atoms with van der Waals surface area (Å²) in [6.07, 6.45) is -0.511. The third kappa shape index (κ3) is 6.12. The molecule has 3 nitrogen and oxygen atoms in total. The molecule has 1 unspecified atom stereocenters. The van der Waals surface area contributed by atoms with Crippen molar-refractivity contribution < 1.29 is 31.8 Å². The molecular weight excluding hydrogens is 436 g/mol. The van der Waals surface area contributed by atoms with Gasteiger partial charge in [0.25, 0.3) is 0 Å².